The monoisotopic (exact) mass is 1160 g/mol. The standard InChI is InChI=1S/C59H106N10O13/c1-24-26-27-38(13)50(82-42(17)71)49(53(74)63-43(25-2)59(80)81-29-28-64(18)41(16)70)69(23)58(79)48(37(11)12)68(22)56(77)46(32-35(7)8)67(21)55(76)45(31-34(5)6)66(20)54(75)40(15)62-51(72)39(14)61-52(73)44(30-33(3)4)65(19)57(78)47(60)36(9)10/h24,26,33-40,43-50H,25,27-32,60H2,1-23H3,(H,61,73)(H,62,72)(H,63,74). The van der Waals surface area contributed by atoms with E-state index in [1.54, 1.807) is 61.6 Å². The zero-order chi connectivity index (χ0) is 64.0. The number of allylic oxidation sites excluding steroid dienone is 2. The molecule has 0 aromatic heterocycles. The summed E-state index contributed by atoms with van der Waals surface area (Å²) >= 11 is 0. The average Bonchev–Trinajstić information content (AvgIpc) is 3.46. The van der Waals surface area contributed by atoms with Crippen LogP contribution in [0.2, 0.25) is 0 Å². The minimum Gasteiger partial charge on any atom is -0.462 e. The van der Waals surface area contributed by atoms with E-state index >= 15 is 9.59 Å². The normalized spacial score (nSPS) is 15.7. The molecular weight excluding hydrogens is 1060 g/mol. The second-order valence-electron chi connectivity index (χ2n) is 24.0. The minimum absolute atomic E-state index is 0.00475. The topological polar surface area (TPSA) is 288 Å². The summed E-state index contributed by atoms with van der Waals surface area (Å²) in [6, 6.07) is -10.4. The van der Waals surface area contributed by atoms with Gasteiger partial charge in [-0.1, -0.05) is 95.2 Å². The Morgan fingerprint density at radius 1 is 0.524 bits per heavy atom. The van der Waals surface area contributed by atoms with Gasteiger partial charge in [0.2, 0.25) is 53.2 Å². The van der Waals surface area contributed by atoms with Crippen molar-refractivity contribution >= 4 is 65.1 Å². The molecule has 0 saturated carbocycles. The van der Waals surface area contributed by atoms with E-state index in [9.17, 15) is 43.2 Å². The fraction of sp³-hybridized carbons (Fsp3) is 0.780. The van der Waals surface area contributed by atoms with Gasteiger partial charge in [0.25, 0.3) is 0 Å². The molecule has 0 bridgehead atoms. The number of nitrogens with zero attached hydrogens (tertiary/aromatic N) is 6. The number of esters is 2. The molecule has 0 fully saturated rings. The van der Waals surface area contributed by atoms with E-state index < -0.39 is 132 Å². The van der Waals surface area contributed by atoms with Gasteiger partial charge in [0, 0.05) is 56.1 Å². The lowest BCUT2D eigenvalue weighted by atomic mass is 9.91. The Labute approximate surface area is 490 Å². The molecule has 0 radical (unpaired) electrons. The lowest BCUT2D eigenvalue weighted by Crippen LogP contribution is -2.63. The Morgan fingerprint density at radius 3 is 1.41 bits per heavy atom. The molecule has 470 valence electrons. The third-order valence-electron chi connectivity index (χ3n) is 14.7. The lowest BCUT2D eigenvalue weighted by Gasteiger charge is -2.42. The lowest BCUT2D eigenvalue weighted by molar-refractivity contribution is -0.164. The first kappa shape index (κ1) is 75.9. The fourth-order valence-electron chi connectivity index (χ4n) is 9.38. The maximum absolute atomic E-state index is 15.2. The number of rotatable bonds is 34. The number of carbonyl (C=O) groups is 11. The predicted molar refractivity (Wildman–Crippen MR) is 315 cm³/mol. The van der Waals surface area contributed by atoms with Crippen molar-refractivity contribution in [2.45, 2.75) is 210 Å². The molecule has 0 aliphatic rings. The van der Waals surface area contributed by atoms with Crippen molar-refractivity contribution in [2.24, 2.45) is 41.2 Å². The van der Waals surface area contributed by atoms with Gasteiger partial charge < -0.3 is 60.6 Å². The van der Waals surface area contributed by atoms with Gasteiger partial charge in [-0.05, 0) is 88.4 Å². The van der Waals surface area contributed by atoms with Crippen molar-refractivity contribution in [3.63, 3.8) is 0 Å². The van der Waals surface area contributed by atoms with Crippen molar-refractivity contribution in [3.05, 3.63) is 12.2 Å². The molecule has 0 aliphatic carbocycles. The third kappa shape index (κ3) is 23.3. The smallest absolute Gasteiger partial charge is 0.328 e. The van der Waals surface area contributed by atoms with Crippen molar-refractivity contribution < 1.29 is 62.2 Å². The molecule has 11 atom stereocenters. The first-order valence-corrected chi connectivity index (χ1v) is 29.0. The molecule has 23 heteroatoms. The first-order valence-electron chi connectivity index (χ1n) is 29.0. The van der Waals surface area contributed by atoms with Crippen LogP contribution in [0.15, 0.2) is 12.2 Å². The van der Waals surface area contributed by atoms with E-state index in [1.165, 1.54) is 87.4 Å². The summed E-state index contributed by atoms with van der Waals surface area (Å²) in [7, 11) is 8.74. The zero-order valence-electron chi connectivity index (χ0n) is 53.9. The van der Waals surface area contributed by atoms with Crippen LogP contribution in [-0.2, 0) is 62.2 Å². The summed E-state index contributed by atoms with van der Waals surface area (Å²) in [4.78, 5) is 160. The number of nitrogens with one attached hydrogen (secondary N) is 3. The molecule has 0 heterocycles. The van der Waals surface area contributed by atoms with Crippen LogP contribution >= 0.6 is 0 Å². The molecule has 0 saturated heterocycles. The Bertz CT molecular complexity index is 2190. The molecule has 0 aliphatic heterocycles. The Balaban J connectivity index is 7.15. The number of ether oxygens (including phenoxy) is 2. The van der Waals surface area contributed by atoms with Crippen LogP contribution in [0.3, 0.4) is 0 Å². The van der Waals surface area contributed by atoms with E-state index in [2.05, 4.69) is 16.0 Å². The molecular formula is C59H106N10O13. The van der Waals surface area contributed by atoms with Crippen LogP contribution in [0.4, 0.5) is 0 Å². The SMILES string of the molecule is CC=CCC(C)C(OC(C)=O)C(C(=O)NC(CC)C(=O)OCCN(C)C(C)=O)N(C)C(=O)C(C(C)C)N(C)C(=O)C(CC(C)C)N(C)C(=O)C(CC(C)C)N(C)C(=O)C(C)NC(=O)C(C)NC(=O)C(CC(C)C)N(C)C(=O)C(N)C(C)C. The van der Waals surface area contributed by atoms with Gasteiger partial charge in [0.1, 0.15) is 61.0 Å². The highest BCUT2D eigenvalue weighted by molar-refractivity contribution is 5.98. The van der Waals surface area contributed by atoms with E-state index in [-0.39, 0.29) is 62.0 Å². The minimum atomic E-state index is -1.54. The van der Waals surface area contributed by atoms with Gasteiger partial charge in [-0.2, -0.15) is 0 Å². The third-order valence-corrected chi connectivity index (χ3v) is 14.7. The van der Waals surface area contributed by atoms with Crippen molar-refractivity contribution in [3.8, 4) is 0 Å². The number of likely N-dealkylation sites (N-methyl/N-ethyl adjacent to an activating group) is 6. The largest absolute Gasteiger partial charge is 0.462 e. The predicted octanol–water partition coefficient (Wildman–Crippen LogP) is 3.36. The fourth-order valence-corrected chi connectivity index (χ4v) is 9.38. The van der Waals surface area contributed by atoms with Gasteiger partial charge in [-0.15, -0.1) is 0 Å². The van der Waals surface area contributed by atoms with Crippen LogP contribution in [0, 0.1) is 35.5 Å². The molecule has 11 unspecified atom stereocenters. The summed E-state index contributed by atoms with van der Waals surface area (Å²) in [5.74, 6) is -8.45. The average molecular weight is 1160 g/mol. The van der Waals surface area contributed by atoms with Crippen molar-refractivity contribution in [1.82, 2.24) is 45.3 Å². The van der Waals surface area contributed by atoms with E-state index in [0.717, 1.165) is 4.90 Å². The van der Waals surface area contributed by atoms with Crippen LogP contribution < -0.4 is 21.7 Å². The molecule has 0 aromatic carbocycles. The van der Waals surface area contributed by atoms with Crippen molar-refractivity contribution in [1.29, 1.82) is 0 Å². The summed E-state index contributed by atoms with van der Waals surface area (Å²) < 4.78 is 11.3. The number of hydrogen-bond acceptors (Lipinski definition) is 14. The zero-order valence-corrected chi connectivity index (χ0v) is 53.9. The second kappa shape index (κ2) is 35.8. The van der Waals surface area contributed by atoms with Crippen molar-refractivity contribution in [2.75, 3.05) is 55.4 Å². The molecule has 82 heavy (non-hydrogen) atoms. The van der Waals surface area contributed by atoms with Crippen LogP contribution in [0.1, 0.15) is 150 Å². The molecule has 0 spiro atoms. The number of amides is 9. The van der Waals surface area contributed by atoms with Gasteiger partial charge in [0.05, 0.1) is 12.6 Å². The molecule has 23 nitrogen and oxygen atoms in total. The highest BCUT2D eigenvalue weighted by atomic mass is 16.5. The van der Waals surface area contributed by atoms with Crippen LogP contribution in [-0.4, -0.2) is 210 Å². The van der Waals surface area contributed by atoms with Crippen LogP contribution in [0.5, 0.6) is 0 Å². The Morgan fingerprint density at radius 2 is 0.976 bits per heavy atom. The number of carbonyl (C=O) groups excluding carboxylic acids is 11. The summed E-state index contributed by atoms with van der Waals surface area (Å²) in [6.45, 7) is 28.9. The second-order valence-corrected chi connectivity index (χ2v) is 24.0. The van der Waals surface area contributed by atoms with Gasteiger partial charge in [0.15, 0.2) is 0 Å². The maximum Gasteiger partial charge on any atom is 0.328 e. The molecule has 5 N–H and O–H groups in total. The molecule has 9 amide bonds. The van der Waals surface area contributed by atoms with Gasteiger partial charge in [-0.3, -0.25) is 47.9 Å². The summed E-state index contributed by atoms with van der Waals surface area (Å²) in [6.07, 6.45) is 3.36. The summed E-state index contributed by atoms with van der Waals surface area (Å²) in [5, 5.41) is 8.04. The van der Waals surface area contributed by atoms with E-state index in [0.29, 0.717) is 12.8 Å². The molecule has 0 rings (SSSR count). The molecule has 0 aromatic rings. The number of hydrogen-bond donors (Lipinski definition) is 4. The first-order chi connectivity index (χ1) is 37.8. The van der Waals surface area contributed by atoms with Gasteiger partial charge >= 0.3 is 11.9 Å². The Kier molecular flexibility index (Phi) is 33.1. The quantitative estimate of drug-likeness (QED) is 0.0531. The van der Waals surface area contributed by atoms with E-state index in [1.807, 2.05) is 47.6 Å². The maximum atomic E-state index is 15.2. The van der Waals surface area contributed by atoms with Gasteiger partial charge in [-0.25, -0.2) is 4.79 Å². The van der Waals surface area contributed by atoms with E-state index in [4.69, 9.17) is 15.2 Å². The highest BCUT2D eigenvalue weighted by Gasteiger charge is 2.46. The summed E-state index contributed by atoms with van der Waals surface area (Å²) in [5.41, 5.74) is 6.14. The number of nitrogens with two attached hydrogens (primary N) is 1. The highest BCUT2D eigenvalue weighted by Crippen LogP contribution is 2.26. The Hall–Kier alpha value is -6.13. The van der Waals surface area contributed by atoms with Crippen LogP contribution in [0.25, 0.3) is 0 Å².